The van der Waals surface area contributed by atoms with Gasteiger partial charge in [0.25, 0.3) is 0 Å². The molecular formula is C15H20N2O4. The van der Waals surface area contributed by atoms with Crippen LogP contribution in [0.4, 0.5) is 5.69 Å². The van der Waals surface area contributed by atoms with Gasteiger partial charge in [0.1, 0.15) is 6.04 Å². The third kappa shape index (κ3) is 5.74. The SMILES string of the molecule is CCCC(NCC(=O)Nc1cccc(C(C)=O)c1)C(=O)O. The van der Waals surface area contributed by atoms with Crippen molar-refractivity contribution in [2.75, 3.05) is 11.9 Å². The average Bonchev–Trinajstić information content (AvgIpc) is 2.43. The topological polar surface area (TPSA) is 95.5 Å². The minimum atomic E-state index is -0.969. The number of aliphatic carboxylic acids is 1. The van der Waals surface area contributed by atoms with Crippen molar-refractivity contribution >= 4 is 23.3 Å². The predicted molar refractivity (Wildman–Crippen MR) is 79.4 cm³/mol. The first-order chi connectivity index (χ1) is 9.93. The zero-order chi connectivity index (χ0) is 15.8. The minimum Gasteiger partial charge on any atom is -0.480 e. The zero-order valence-electron chi connectivity index (χ0n) is 12.2. The van der Waals surface area contributed by atoms with Crippen LogP contribution in [0.3, 0.4) is 0 Å². The number of carbonyl (C=O) groups excluding carboxylic acids is 2. The van der Waals surface area contributed by atoms with E-state index < -0.39 is 12.0 Å². The molecule has 1 unspecified atom stereocenters. The van der Waals surface area contributed by atoms with Crippen LogP contribution < -0.4 is 10.6 Å². The molecule has 0 aliphatic heterocycles. The minimum absolute atomic E-state index is 0.0851. The van der Waals surface area contributed by atoms with Gasteiger partial charge in [-0.15, -0.1) is 0 Å². The highest BCUT2D eigenvalue weighted by Crippen LogP contribution is 2.10. The van der Waals surface area contributed by atoms with E-state index in [1.54, 1.807) is 24.3 Å². The summed E-state index contributed by atoms with van der Waals surface area (Å²) in [5.74, 6) is -1.40. The summed E-state index contributed by atoms with van der Waals surface area (Å²) in [5, 5.41) is 14.3. The summed E-state index contributed by atoms with van der Waals surface area (Å²) in [5.41, 5.74) is 1.02. The van der Waals surface area contributed by atoms with E-state index in [0.29, 0.717) is 24.1 Å². The fraction of sp³-hybridized carbons (Fsp3) is 0.400. The largest absolute Gasteiger partial charge is 0.480 e. The van der Waals surface area contributed by atoms with Crippen LogP contribution in [0.1, 0.15) is 37.0 Å². The van der Waals surface area contributed by atoms with E-state index in [9.17, 15) is 14.4 Å². The van der Waals surface area contributed by atoms with E-state index in [1.807, 2.05) is 6.92 Å². The Balaban J connectivity index is 2.55. The van der Waals surface area contributed by atoms with Crippen LogP contribution in [0.5, 0.6) is 0 Å². The number of rotatable bonds is 8. The second-order valence-electron chi connectivity index (χ2n) is 4.75. The van der Waals surface area contributed by atoms with Gasteiger partial charge in [0.2, 0.25) is 5.91 Å². The number of hydrogen-bond acceptors (Lipinski definition) is 4. The van der Waals surface area contributed by atoms with Gasteiger partial charge in [0.05, 0.1) is 6.54 Å². The highest BCUT2D eigenvalue weighted by atomic mass is 16.4. The summed E-state index contributed by atoms with van der Waals surface area (Å²) in [6.07, 6.45) is 1.18. The Kier molecular flexibility index (Phi) is 6.55. The van der Waals surface area contributed by atoms with E-state index in [1.165, 1.54) is 6.92 Å². The molecule has 0 aliphatic rings. The number of amides is 1. The molecule has 114 valence electrons. The number of carbonyl (C=O) groups is 3. The molecule has 1 aromatic rings. The molecule has 0 radical (unpaired) electrons. The lowest BCUT2D eigenvalue weighted by Crippen LogP contribution is -2.41. The Morgan fingerprint density at radius 3 is 2.57 bits per heavy atom. The summed E-state index contributed by atoms with van der Waals surface area (Å²) in [6, 6.07) is 5.87. The fourth-order valence-corrected chi connectivity index (χ4v) is 1.84. The molecule has 0 heterocycles. The summed E-state index contributed by atoms with van der Waals surface area (Å²) < 4.78 is 0. The number of nitrogens with one attached hydrogen (secondary N) is 2. The number of carboxylic acid groups (broad SMARTS) is 1. The maximum absolute atomic E-state index is 11.8. The van der Waals surface area contributed by atoms with Crippen LogP contribution in [0, 0.1) is 0 Å². The monoisotopic (exact) mass is 292 g/mol. The van der Waals surface area contributed by atoms with E-state index in [2.05, 4.69) is 10.6 Å². The molecule has 1 atom stereocenters. The molecule has 0 aliphatic carbocycles. The number of Topliss-reactive ketones (excluding diaryl/α,β-unsaturated/α-hetero) is 1. The van der Waals surface area contributed by atoms with Crippen LogP contribution in [-0.4, -0.2) is 35.4 Å². The van der Waals surface area contributed by atoms with E-state index >= 15 is 0 Å². The lowest BCUT2D eigenvalue weighted by Gasteiger charge is -2.13. The fourth-order valence-electron chi connectivity index (χ4n) is 1.84. The first-order valence-electron chi connectivity index (χ1n) is 6.81. The molecule has 21 heavy (non-hydrogen) atoms. The van der Waals surface area contributed by atoms with Crippen LogP contribution in [0.2, 0.25) is 0 Å². The average molecular weight is 292 g/mol. The second kappa shape index (κ2) is 8.16. The zero-order valence-corrected chi connectivity index (χ0v) is 12.2. The van der Waals surface area contributed by atoms with Crippen molar-refractivity contribution in [1.29, 1.82) is 0 Å². The van der Waals surface area contributed by atoms with Gasteiger partial charge in [-0.3, -0.25) is 19.7 Å². The summed E-state index contributed by atoms with van der Waals surface area (Å²) in [4.78, 5) is 34.0. The Bertz CT molecular complexity index is 528. The molecule has 6 nitrogen and oxygen atoms in total. The van der Waals surface area contributed by atoms with Crippen molar-refractivity contribution < 1.29 is 19.5 Å². The molecule has 3 N–H and O–H groups in total. The number of anilines is 1. The molecule has 0 spiro atoms. The smallest absolute Gasteiger partial charge is 0.320 e. The maximum atomic E-state index is 11.8. The maximum Gasteiger partial charge on any atom is 0.320 e. The molecule has 1 amide bonds. The lowest BCUT2D eigenvalue weighted by atomic mass is 10.1. The Morgan fingerprint density at radius 2 is 2.00 bits per heavy atom. The van der Waals surface area contributed by atoms with Gasteiger partial charge < -0.3 is 10.4 Å². The van der Waals surface area contributed by atoms with Gasteiger partial charge in [0.15, 0.2) is 5.78 Å². The highest BCUT2D eigenvalue weighted by molar-refractivity contribution is 5.97. The number of carboxylic acids is 1. The van der Waals surface area contributed by atoms with Crippen molar-refractivity contribution in [3.8, 4) is 0 Å². The normalized spacial score (nSPS) is 11.7. The van der Waals surface area contributed by atoms with Crippen molar-refractivity contribution in [3.63, 3.8) is 0 Å². The molecule has 0 fully saturated rings. The van der Waals surface area contributed by atoms with Crippen molar-refractivity contribution in [2.24, 2.45) is 0 Å². The van der Waals surface area contributed by atoms with E-state index in [-0.39, 0.29) is 18.2 Å². The summed E-state index contributed by atoms with van der Waals surface area (Å²) in [6.45, 7) is 3.23. The lowest BCUT2D eigenvalue weighted by molar-refractivity contribution is -0.139. The van der Waals surface area contributed by atoms with E-state index in [4.69, 9.17) is 5.11 Å². The van der Waals surface area contributed by atoms with Gasteiger partial charge in [-0.1, -0.05) is 25.5 Å². The van der Waals surface area contributed by atoms with Gasteiger partial charge >= 0.3 is 5.97 Å². The Morgan fingerprint density at radius 1 is 1.29 bits per heavy atom. The number of benzene rings is 1. The van der Waals surface area contributed by atoms with E-state index in [0.717, 1.165) is 0 Å². The molecule has 0 aromatic heterocycles. The first-order valence-corrected chi connectivity index (χ1v) is 6.81. The van der Waals surface area contributed by atoms with Crippen LogP contribution in [0.15, 0.2) is 24.3 Å². The van der Waals surface area contributed by atoms with Crippen molar-refractivity contribution in [1.82, 2.24) is 5.32 Å². The standard InChI is InChI=1S/C15H20N2O4/c1-3-5-13(15(20)21)16-9-14(19)17-12-7-4-6-11(8-12)10(2)18/h4,6-8,13,16H,3,5,9H2,1-2H3,(H,17,19)(H,20,21). The molecule has 0 saturated heterocycles. The Labute approximate surface area is 123 Å². The van der Waals surface area contributed by atoms with Gasteiger partial charge in [-0.25, -0.2) is 0 Å². The van der Waals surface area contributed by atoms with Gasteiger partial charge in [-0.05, 0) is 25.5 Å². The Hall–Kier alpha value is -2.21. The summed E-state index contributed by atoms with van der Waals surface area (Å²) in [7, 11) is 0. The molecule has 0 saturated carbocycles. The molecule has 1 rings (SSSR count). The first kappa shape index (κ1) is 16.8. The molecule has 1 aromatic carbocycles. The van der Waals surface area contributed by atoms with Gasteiger partial charge in [-0.2, -0.15) is 0 Å². The molecular weight excluding hydrogens is 272 g/mol. The van der Waals surface area contributed by atoms with Crippen LogP contribution in [-0.2, 0) is 9.59 Å². The highest BCUT2D eigenvalue weighted by Gasteiger charge is 2.16. The van der Waals surface area contributed by atoms with Crippen LogP contribution in [0.25, 0.3) is 0 Å². The van der Waals surface area contributed by atoms with Crippen molar-refractivity contribution in [2.45, 2.75) is 32.7 Å². The van der Waals surface area contributed by atoms with Crippen LogP contribution >= 0.6 is 0 Å². The number of ketones is 1. The third-order valence-electron chi connectivity index (χ3n) is 2.94. The van der Waals surface area contributed by atoms with Crippen molar-refractivity contribution in [3.05, 3.63) is 29.8 Å². The molecule has 0 bridgehead atoms. The predicted octanol–water partition coefficient (Wildman–Crippen LogP) is 1.67. The quantitative estimate of drug-likeness (QED) is 0.633. The summed E-state index contributed by atoms with van der Waals surface area (Å²) >= 11 is 0. The third-order valence-corrected chi connectivity index (χ3v) is 2.94. The molecule has 6 heteroatoms. The second-order valence-corrected chi connectivity index (χ2v) is 4.75. The number of hydrogen-bond donors (Lipinski definition) is 3. The van der Waals surface area contributed by atoms with Gasteiger partial charge in [0, 0.05) is 11.3 Å².